The summed E-state index contributed by atoms with van der Waals surface area (Å²) in [5, 5.41) is 0. The minimum Gasteiger partial charge on any atom is -0.255 e. The van der Waals surface area contributed by atoms with Crippen LogP contribution in [0.4, 0.5) is 0 Å². The summed E-state index contributed by atoms with van der Waals surface area (Å²) in [6.07, 6.45) is 24.0. The van der Waals surface area contributed by atoms with Gasteiger partial charge in [-0.2, -0.15) is 0 Å². The number of hydrogen-bond acceptors (Lipinski definition) is 3. The SMILES string of the molecule is CCCCCCCCCc1ccc(-c2ccc(-c3ncc(CCCCCCC)cn3)cn2)cc1. The average molecular weight is 458 g/mol. The van der Waals surface area contributed by atoms with Crippen molar-refractivity contribution in [3.8, 4) is 22.6 Å². The highest BCUT2D eigenvalue weighted by molar-refractivity contribution is 5.63. The molecule has 0 N–H and O–H groups in total. The number of unbranched alkanes of at least 4 members (excludes halogenated alkanes) is 10. The molecule has 3 aromatic rings. The molecule has 0 saturated carbocycles. The van der Waals surface area contributed by atoms with Gasteiger partial charge in [0, 0.05) is 29.7 Å². The van der Waals surface area contributed by atoms with Crippen LogP contribution in [-0.2, 0) is 12.8 Å². The van der Waals surface area contributed by atoms with Crippen molar-refractivity contribution in [3.63, 3.8) is 0 Å². The highest BCUT2D eigenvalue weighted by atomic mass is 14.9. The second-order valence-electron chi connectivity index (χ2n) is 9.58. The van der Waals surface area contributed by atoms with Gasteiger partial charge in [-0.05, 0) is 48.9 Å². The van der Waals surface area contributed by atoms with E-state index in [-0.39, 0.29) is 0 Å². The van der Waals surface area contributed by atoms with Crippen LogP contribution >= 0.6 is 0 Å². The molecule has 2 heterocycles. The maximum atomic E-state index is 4.69. The zero-order valence-corrected chi connectivity index (χ0v) is 21.4. The van der Waals surface area contributed by atoms with Crippen LogP contribution < -0.4 is 0 Å². The molecule has 0 radical (unpaired) electrons. The Morgan fingerprint density at radius 3 is 1.56 bits per heavy atom. The maximum Gasteiger partial charge on any atom is 0.160 e. The molecule has 3 heteroatoms. The van der Waals surface area contributed by atoms with Crippen LogP contribution in [0.15, 0.2) is 55.0 Å². The van der Waals surface area contributed by atoms with Crippen LogP contribution in [0.25, 0.3) is 22.6 Å². The summed E-state index contributed by atoms with van der Waals surface area (Å²) in [6, 6.07) is 13.1. The van der Waals surface area contributed by atoms with E-state index in [4.69, 9.17) is 0 Å². The first-order valence-electron chi connectivity index (χ1n) is 13.7. The van der Waals surface area contributed by atoms with Gasteiger partial charge in [-0.25, -0.2) is 9.97 Å². The third kappa shape index (κ3) is 9.00. The lowest BCUT2D eigenvalue weighted by Crippen LogP contribution is -1.94. The number of aryl methyl sites for hydroxylation is 2. The minimum atomic E-state index is 0.749. The molecule has 0 spiro atoms. The lowest BCUT2D eigenvalue weighted by molar-refractivity contribution is 0.589. The maximum absolute atomic E-state index is 4.69. The zero-order chi connectivity index (χ0) is 23.8. The van der Waals surface area contributed by atoms with Gasteiger partial charge in [0.2, 0.25) is 0 Å². The van der Waals surface area contributed by atoms with Gasteiger partial charge in [0.15, 0.2) is 5.82 Å². The third-order valence-electron chi connectivity index (χ3n) is 6.61. The van der Waals surface area contributed by atoms with Crippen LogP contribution in [-0.4, -0.2) is 15.0 Å². The largest absolute Gasteiger partial charge is 0.255 e. The Balaban J connectivity index is 1.45. The Labute approximate surface area is 207 Å². The van der Waals surface area contributed by atoms with Crippen LogP contribution in [0.2, 0.25) is 0 Å². The van der Waals surface area contributed by atoms with Gasteiger partial charge in [-0.1, -0.05) is 102 Å². The normalized spacial score (nSPS) is 11.1. The Kier molecular flexibility index (Phi) is 11.8. The topological polar surface area (TPSA) is 38.7 Å². The molecule has 0 bridgehead atoms. The van der Waals surface area contributed by atoms with Crippen LogP contribution in [0.5, 0.6) is 0 Å². The Bertz CT molecular complexity index is 914. The lowest BCUT2D eigenvalue weighted by atomic mass is 10.0. The van der Waals surface area contributed by atoms with Crippen LogP contribution in [0.3, 0.4) is 0 Å². The summed E-state index contributed by atoms with van der Waals surface area (Å²) >= 11 is 0. The number of benzene rings is 1. The highest BCUT2D eigenvalue weighted by Crippen LogP contribution is 2.22. The lowest BCUT2D eigenvalue weighted by Gasteiger charge is -2.06. The number of pyridine rings is 1. The van der Waals surface area contributed by atoms with Crippen molar-refractivity contribution in [2.24, 2.45) is 0 Å². The molecule has 3 nitrogen and oxygen atoms in total. The summed E-state index contributed by atoms with van der Waals surface area (Å²) < 4.78 is 0. The van der Waals surface area contributed by atoms with Crippen molar-refractivity contribution >= 4 is 0 Å². The summed E-state index contributed by atoms with van der Waals surface area (Å²) in [5.74, 6) is 0.749. The molecule has 0 aliphatic heterocycles. The quantitative estimate of drug-likeness (QED) is 0.201. The van der Waals surface area contributed by atoms with Gasteiger partial charge in [0.25, 0.3) is 0 Å². The van der Waals surface area contributed by atoms with E-state index in [1.807, 2.05) is 18.6 Å². The van der Waals surface area contributed by atoms with Gasteiger partial charge >= 0.3 is 0 Å². The van der Waals surface area contributed by atoms with E-state index < -0.39 is 0 Å². The van der Waals surface area contributed by atoms with E-state index in [0.717, 1.165) is 29.1 Å². The summed E-state index contributed by atoms with van der Waals surface area (Å²) in [7, 11) is 0. The predicted molar refractivity (Wildman–Crippen MR) is 145 cm³/mol. The van der Waals surface area contributed by atoms with E-state index in [1.165, 1.54) is 94.6 Å². The summed E-state index contributed by atoms with van der Waals surface area (Å²) in [6.45, 7) is 4.53. The second-order valence-corrected chi connectivity index (χ2v) is 9.58. The number of aromatic nitrogens is 3. The van der Waals surface area contributed by atoms with Crippen molar-refractivity contribution in [2.75, 3.05) is 0 Å². The molecule has 1 aromatic carbocycles. The molecule has 0 unspecified atom stereocenters. The Morgan fingerprint density at radius 1 is 0.471 bits per heavy atom. The van der Waals surface area contributed by atoms with E-state index in [2.05, 4.69) is 65.2 Å². The second kappa shape index (κ2) is 15.4. The third-order valence-corrected chi connectivity index (χ3v) is 6.61. The van der Waals surface area contributed by atoms with E-state index in [9.17, 15) is 0 Å². The molecule has 0 atom stereocenters. The fourth-order valence-corrected chi connectivity index (χ4v) is 4.39. The molecule has 3 rings (SSSR count). The molecular weight excluding hydrogens is 414 g/mol. The first kappa shape index (κ1) is 26.1. The Hall–Kier alpha value is -2.55. The molecule has 2 aromatic heterocycles. The fourth-order valence-electron chi connectivity index (χ4n) is 4.39. The van der Waals surface area contributed by atoms with Crippen molar-refractivity contribution in [1.29, 1.82) is 0 Å². The van der Waals surface area contributed by atoms with Crippen molar-refractivity contribution in [3.05, 3.63) is 66.1 Å². The van der Waals surface area contributed by atoms with Crippen molar-refractivity contribution in [2.45, 2.75) is 104 Å². The zero-order valence-electron chi connectivity index (χ0n) is 21.4. The van der Waals surface area contributed by atoms with Gasteiger partial charge in [0.1, 0.15) is 0 Å². The molecule has 0 aliphatic carbocycles. The van der Waals surface area contributed by atoms with E-state index in [0.29, 0.717) is 0 Å². The van der Waals surface area contributed by atoms with E-state index in [1.54, 1.807) is 0 Å². The molecule has 0 amide bonds. The summed E-state index contributed by atoms with van der Waals surface area (Å²) in [5.41, 5.74) is 5.77. The summed E-state index contributed by atoms with van der Waals surface area (Å²) in [4.78, 5) is 13.9. The molecule has 0 saturated heterocycles. The van der Waals surface area contributed by atoms with Crippen molar-refractivity contribution in [1.82, 2.24) is 15.0 Å². The van der Waals surface area contributed by atoms with Crippen LogP contribution in [0, 0.1) is 0 Å². The molecule has 0 aliphatic rings. The number of nitrogens with zero attached hydrogens (tertiary/aromatic N) is 3. The van der Waals surface area contributed by atoms with Gasteiger partial charge in [-0.15, -0.1) is 0 Å². The first-order chi connectivity index (χ1) is 16.8. The molecule has 0 fully saturated rings. The monoisotopic (exact) mass is 457 g/mol. The van der Waals surface area contributed by atoms with Gasteiger partial charge in [-0.3, -0.25) is 4.98 Å². The predicted octanol–water partition coefficient (Wildman–Crippen LogP) is 9.01. The highest BCUT2D eigenvalue weighted by Gasteiger charge is 2.05. The standard InChI is InChI=1S/C31H43N3/c1-3-5-7-9-10-12-13-15-26-17-19-28(20-18-26)30-22-21-29(25-32-30)31-33-23-27(24-34-31)16-14-11-8-6-4-2/h17-25H,3-16H2,1-2H3. The van der Waals surface area contributed by atoms with Gasteiger partial charge < -0.3 is 0 Å². The van der Waals surface area contributed by atoms with Crippen LogP contribution in [0.1, 0.15) is 102 Å². The Morgan fingerprint density at radius 2 is 1.00 bits per heavy atom. The fraction of sp³-hybridized carbons (Fsp3) is 0.516. The number of hydrogen-bond donors (Lipinski definition) is 0. The number of rotatable bonds is 16. The molecule has 34 heavy (non-hydrogen) atoms. The minimum absolute atomic E-state index is 0.749. The van der Waals surface area contributed by atoms with Gasteiger partial charge in [0.05, 0.1) is 5.69 Å². The smallest absolute Gasteiger partial charge is 0.160 e. The van der Waals surface area contributed by atoms with E-state index >= 15 is 0 Å². The molecule has 182 valence electrons. The molecular formula is C31H43N3. The van der Waals surface area contributed by atoms with Crippen molar-refractivity contribution < 1.29 is 0 Å². The average Bonchev–Trinajstić information content (AvgIpc) is 2.89. The first-order valence-corrected chi connectivity index (χ1v) is 13.7.